The van der Waals surface area contributed by atoms with Gasteiger partial charge in [-0.1, -0.05) is 64.4 Å². The zero-order valence-electron chi connectivity index (χ0n) is 30.5. The minimum Gasteiger partial charge on any atom is -0.454 e. The molecule has 11 nitrogen and oxygen atoms in total. The molecule has 2 aliphatic carbocycles. The SMILES string of the molecule is CC(=O)O[C@@H]1C(C)=C[C@@H]2[C@H](C(C)CN(C(=O)C(C)(C)C)C(C)C)CC[C@@H](C)[C@]2(O)[C@H]1OC(=O)[C@@H]1C[C@@]2(O)c3cccc(Cl)c3N(C)O[C@H]2N1. The lowest BCUT2D eigenvalue weighted by atomic mass is 9.55. The summed E-state index contributed by atoms with van der Waals surface area (Å²) < 4.78 is 12.1. The maximum Gasteiger partial charge on any atom is 0.323 e. The fraction of sp³-hybridized carbons (Fsp3) is 0.703. The van der Waals surface area contributed by atoms with Crippen molar-refractivity contribution in [1.82, 2.24) is 10.2 Å². The molecule has 1 amide bonds. The van der Waals surface area contributed by atoms with Crippen molar-refractivity contribution in [3.05, 3.63) is 40.4 Å². The summed E-state index contributed by atoms with van der Waals surface area (Å²) in [6.07, 6.45) is 0.170. The second-order valence-electron chi connectivity index (χ2n) is 16.1. The van der Waals surface area contributed by atoms with Crippen LogP contribution in [-0.2, 0) is 34.3 Å². The van der Waals surface area contributed by atoms with Crippen LogP contribution >= 0.6 is 11.6 Å². The van der Waals surface area contributed by atoms with Gasteiger partial charge in [-0.3, -0.25) is 29.6 Å². The van der Waals surface area contributed by atoms with Gasteiger partial charge >= 0.3 is 11.9 Å². The topological polar surface area (TPSA) is 138 Å². The molecule has 3 N–H and O–H groups in total. The van der Waals surface area contributed by atoms with Crippen molar-refractivity contribution < 1.29 is 38.9 Å². The summed E-state index contributed by atoms with van der Waals surface area (Å²) >= 11 is 6.46. The number of anilines is 1. The van der Waals surface area contributed by atoms with E-state index in [1.54, 1.807) is 25.2 Å². The van der Waals surface area contributed by atoms with E-state index in [9.17, 15) is 24.6 Å². The predicted octanol–water partition coefficient (Wildman–Crippen LogP) is 4.71. The van der Waals surface area contributed by atoms with Gasteiger partial charge in [0.25, 0.3) is 0 Å². The Kier molecular flexibility index (Phi) is 10.3. The standard InChI is InChI=1S/C37H54ClN3O8/c1-19(2)41(34(44)35(7,8)9)18-21(4)24-15-14-22(5)37(46)26(24)16-20(3)30(47-23(6)42)31(37)48-32(43)28-17-36(45)25-12-11-13-27(38)29(25)40(10)49-33(36)39-28/h11-13,16,19,21-22,24,26,28,30-31,33,39,45-46H,14-15,17-18H2,1-10H3/t21?,22-,24+,26-,28+,30-,31+,33-,36-,37-/m1/s1. The highest BCUT2D eigenvalue weighted by Crippen LogP contribution is 2.53. The van der Waals surface area contributed by atoms with Crippen LogP contribution in [0.25, 0.3) is 0 Å². The molecule has 5 rings (SSSR count). The number of nitrogens with zero attached hydrogens (tertiary/aromatic N) is 2. The summed E-state index contributed by atoms with van der Waals surface area (Å²) in [5, 5.41) is 29.7. The molecule has 272 valence electrons. The molecule has 12 heteroatoms. The summed E-state index contributed by atoms with van der Waals surface area (Å²) in [5.41, 5.74) is -2.00. The first kappa shape index (κ1) is 37.6. The summed E-state index contributed by atoms with van der Waals surface area (Å²) in [6.45, 7) is 17.5. The third kappa shape index (κ3) is 6.62. The van der Waals surface area contributed by atoms with Crippen molar-refractivity contribution in [2.75, 3.05) is 18.7 Å². The van der Waals surface area contributed by atoms with Gasteiger partial charge in [-0.05, 0) is 63.0 Å². The summed E-state index contributed by atoms with van der Waals surface area (Å²) in [6, 6.07) is 4.17. The Labute approximate surface area is 295 Å². The van der Waals surface area contributed by atoms with E-state index >= 15 is 0 Å². The number of fused-ring (bicyclic) bond motifs is 4. The highest BCUT2D eigenvalue weighted by molar-refractivity contribution is 6.33. The largest absolute Gasteiger partial charge is 0.454 e. The van der Waals surface area contributed by atoms with Crippen LogP contribution in [0.3, 0.4) is 0 Å². The first-order valence-corrected chi connectivity index (χ1v) is 17.9. The number of rotatable bonds is 7. The Hall–Kier alpha value is -2.70. The zero-order valence-corrected chi connectivity index (χ0v) is 31.2. The van der Waals surface area contributed by atoms with E-state index in [-0.39, 0.29) is 36.1 Å². The lowest BCUT2D eigenvalue weighted by molar-refractivity contribution is -0.225. The molecule has 0 spiro atoms. The summed E-state index contributed by atoms with van der Waals surface area (Å²) in [5.74, 6) is -2.01. The van der Waals surface area contributed by atoms with Crippen molar-refractivity contribution >= 4 is 35.1 Å². The molecule has 1 aromatic rings. The Morgan fingerprint density at radius 1 is 1.16 bits per heavy atom. The van der Waals surface area contributed by atoms with Crippen molar-refractivity contribution in [3.63, 3.8) is 0 Å². The molecule has 1 unspecified atom stereocenters. The van der Waals surface area contributed by atoms with Gasteiger partial charge in [-0.15, -0.1) is 0 Å². The van der Waals surface area contributed by atoms with Gasteiger partial charge in [0.1, 0.15) is 17.2 Å². The molecular formula is C37H54ClN3O8. The van der Waals surface area contributed by atoms with E-state index in [1.165, 1.54) is 12.0 Å². The van der Waals surface area contributed by atoms with Gasteiger partial charge in [-0.2, -0.15) is 0 Å². The Balaban J connectivity index is 1.45. The van der Waals surface area contributed by atoms with E-state index in [1.807, 2.05) is 59.4 Å². The second-order valence-corrected chi connectivity index (χ2v) is 16.5. The minimum absolute atomic E-state index is 0.00157. The average molecular weight is 704 g/mol. The Morgan fingerprint density at radius 3 is 2.45 bits per heavy atom. The number of carbonyl (C=O) groups is 3. The van der Waals surface area contributed by atoms with Crippen LogP contribution in [0.15, 0.2) is 29.8 Å². The molecule has 10 atom stereocenters. The number of esters is 2. The highest BCUT2D eigenvalue weighted by Gasteiger charge is 2.62. The fourth-order valence-electron chi connectivity index (χ4n) is 8.56. The van der Waals surface area contributed by atoms with Crippen molar-refractivity contribution in [2.45, 2.75) is 123 Å². The molecule has 2 heterocycles. The quantitative estimate of drug-likeness (QED) is 0.270. The minimum atomic E-state index is -1.58. The van der Waals surface area contributed by atoms with Gasteiger partial charge in [-0.25, -0.2) is 0 Å². The van der Waals surface area contributed by atoms with Crippen LogP contribution < -0.4 is 10.4 Å². The summed E-state index contributed by atoms with van der Waals surface area (Å²) in [7, 11) is 1.68. The number of benzene rings is 1. The Morgan fingerprint density at radius 2 is 1.84 bits per heavy atom. The van der Waals surface area contributed by atoms with E-state index < -0.39 is 59.0 Å². The molecule has 0 radical (unpaired) electrons. The first-order chi connectivity index (χ1) is 22.7. The number of halogens is 1. The van der Waals surface area contributed by atoms with E-state index in [0.717, 1.165) is 6.42 Å². The maximum absolute atomic E-state index is 14.1. The van der Waals surface area contributed by atoms with Crippen LogP contribution in [0.4, 0.5) is 5.69 Å². The molecule has 1 saturated heterocycles. The highest BCUT2D eigenvalue weighted by atomic mass is 35.5. The van der Waals surface area contributed by atoms with Crippen LogP contribution in [0.1, 0.15) is 87.1 Å². The van der Waals surface area contributed by atoms with E-state index in [4.69, 9.17) is 25.9 Å². The van der Waals surface area contributed by atoms with Gasteiger partial charge in [0.2, 0.25) is 5.91 Å². The number of amides is 1. The van der Waals surface area contributed by atoms with E-state index in [0.29, 0.717) is 34.8 Å². The van der Waals surface area contributed by atoms with Gasteiger partial charge in [0.05, 0.1) is 10.7 Å². The smallest absolute Gasteiger partial charge is 0.323 e. The van der Waals surface area contributed by atoms with Crippen LogP contribution in [0, 0.1) is 29.1 Å². The number of hydrogen-bond donors (Lipinski definition) is 3. The number of hydrogen-bond acceptors (Lipinski definition) is 10. The normalized spacial score (nSPS) is 34.7. The van der Waals surface area contributed by atoms with E-state index in [2.05, 4.69) is 12.2 Å². The maximum atomic E-state index is 14.1. The number of hydroxylamine groups is 1. The lowest BCUT2D eigenvalue weighted by Crippen LogP contribution is -2.66. The lowest BCUT2D eigenvalue weighted by Gasteiger charge is -2.56. The van der Waals surface area contributed by atoms with Crippen LogP contribution in [-0.4, -0.2) is 82.7 Å². The fourth-order valence-corrected chi connectivity index (χ4v) is 8.86. The molecular weight excluding hydrogens is 650 g/mol. The van der Waals surface area contributed by atoms with Gasteiger partial charge < -0.3 is 24.6 Å². The molecule has 1 saturated carbocycles. The monoisotopic (exact) mass is 703 g/mol. The van der Waals surface area contributed by atoms with Crippen molar-refractivity contribution in [2.24, 2.45) is 29.1 Å². The number of para-hydroxylation sites is 1. The van der Waals surface area contributed by atoms with Crippen LogP contribution in [0.5, 0.6) is 0 Å². The summed E-state index contributed by atoms with van der Waals surface area (Å²) in [4.78, 5) is 47.8. The van der Waals surface area contributed by atoms with Gasteiger partial charge in [0.15, 0.2) is 18.4 Å². The average Bonchev–Trinajstić information content (AvgIpc) is 3.35. The first-order valence-electron chi connectivity index (χ1n) is 17.5. The van der Waals surface area contributed by atoms with Crippen molar-refractivity contribution in [3.8, 4) is 0 Å². The number of ether oxygens (including phenoxy) is 2. The third-order valence-electron chi connectivity index (χ3n) is 11.2. The third-order valence-corrected chi connectivity index (χ3v) is 11.5. The van der Waals surface area contributed by atoms with Crippen molar-refractivity contribution in [1.29, 1.82) is 0 Å². The number of nitrogens with one attached hydrogen (secondary N) is 1. The molecule has 4 aliphatic rings. The number of aliphatic hydroxyl groups is 2. The second kappa shape index (κ2) is 13.5. The molecule has 49 heavy (non-hydrogen) atoms. The van der Waals surface area contributed by atoms with Gasteiger partial charge in [0, 0.05) is 49.9 Å². The molecule has 1 aromatic carbocycles. The molecule has 2 fully saturated rings. The predicted molar refractivity (Wildman–Crippen MR) is 185 cm³/mol. The number of carbonyl (C=O) groups excluding carboxylic acids is 3. The zero-order chi connectivity index (χ0) is 36.4. The molecule has 0 aromatic heterocycles. The molecule has 0 bridgehead atoms. The Bertz CT molecular complexity index is 1490. The molecule has 2 aliphatic heterocycles. The van der Waals surface area contributed by atoms with Crippen LogP contribution in [0.2, 0.25) is 5.02 Å².